The van der Waals surface area contributed by atoms with Gasteiger partial charge in [0.25, 0.3) is 5.91 Å². The molecule has 0 bridgehead atoms. The van der Waals surface area contributed by atoms with Crippen LogP contribution in [0.2, 0.25) is 5.02 Å². The predicted molar refractivity (Wildman–Crippen MR) is 127 cm³/mol. The minimum Gasteiger partial charge on any atom is -0.339 e. The summed E-state index contributed by atoms with van der Waals surface area (Å²) in [4.78, 5) is 29.3. The summed E-state index contributed by atoms with van der Waals surface area (Å²) in [5.41, 5.74) is 2.07. The van der Waals surface area contributed by atoms with E-state index in [4.69, 9.17) is 16.1 Å². The average molecular weight is 479 g/mol. The standard InChI is InChI=1S/C25H20ClFN4O3/c26-18-12-8-17(9-13-18)25(33)29-21-5-2-1-4-20(21)28-22(32)6-3-7-23-30-24(31-34-23)16-10-14-19(27)15-11-16/h1-2,4-5,8-15H,3,6-7H2,(H,28,32)(H,29,33). The monoisotopic (exact) mass is 478 g/mol. The topological polar surface area (TPSA) is 97.1 Å². The lowest BCUT2D eigenvalue weighted by molar-refractivity contribution is -0.116. The first-order valence-electron chi connectivity index (χ1n) is 10.5. The number of hydrogen-bond acceptors (Lipinski definition) is 5. The minimum atomic E-state index is -0.343. The first-order valence-corrected chi connectivity index (χ1v) is 10.9. The molecule has 3 aromatic carbocycles. The molecule has 0 aliphatic carbocycles. The number of halogens is 2. The lowest BCUT2D eigenvalue weighted by Gasteiger charge is -2.12. The van der Waals surface area contributed by atoms with Gasteiger partial charge in [0.15, 0.2) is 0 Å². The number of amides is 2. The van der Waals surface area contributed by atoms with E-state index in [0.717, 1.165) is 0 Å². The van der Waals surface area contributed by atoms with Crippen LogP contribution >= 0.6 is 11.6 Å². The van der Waals surface area contributed by atoms with E-state index in [-0.39, 0.29) is 24.1 Å². The normalized spacial score (nSPS) is 10.6. The SMILES string of the molecule is O=C(CCCc1nc(-c2ccc(F)cc2)no1)Nc1ccccc1NC(=O)c1ccc(Cl)cc1. The molecule has 4 aromatic rings. The number of anilines is 2. The molecule has 2 N–H and O–H groups in total. The van der Waals surface area contributed by atoms with Gasteiger partial charge in [0, 0.05) is 29.0 Å². The highest BCUT2D eigenvalue weighted by Crippen LogP contribution is 2.23. The largest absolute Gasteiger partial charge is 0.339 e. The van der Waals surface area contributed by atoms with E-state index in [0.29, 0.717) is 52.1 Å². The molecule has 4 rings (SSSR count). The van der Waals surface area contributed by atoms with E-state index in [1.807, 2.05) is 0 Å². The van der Waals surface area contributed by atoms with Crippen molar-refractivity contribution in [3.8, 4) is 11.4 Å². The predicted octanol–water partition coefficient (Wildman–Crippen LogP) is 5.74. The van der Waals surface area contributed by atoms with E-state index in [9.17, 15) is 14.0 Å². The van der Waals surface area contributed by atoms with Crippen molar-refractivity contribution >= 4 is 34.8 Å². The summed E-state index contributed by atoms with van der Waals surface area (Å²) in [6.07, 6.45) is 1.11. The van der Waals surface area contributed by atoms with Gasteiger partial charge < -0.3 is 15.2 Å². The molecule has 34 heavy (non-hydrogen) atoms. The number of aryl methyl sites for hydroxylation is 1. The Morgan fingerprint density at radius 3 is 2.29 bits per heavy atom. The summed E-state index contributed by atoms with van der Waals surface area (Å²) in [6, 6.07) is 19.3. The highest BCUT2D eigenvalue weighted by molar-refractivity contribution is 6.30. The Bertz CT molecular complexity index is 1290. The zero-order chi connectivity index (χ0) is 23.9. The molecule has 9 heteroatoms. The van der Waals surface area contributed by atoms with Gasteiger partial charge in [-0.3, -0.25) is 9.59 Å². The van der Waals surface area contributed by atoms with E-state index in [1.165, 1.54) is 12.1 Å². The Balaban J connectivity index is 1.30. The van der Waals surface area contributed by atoms with Crippen LogP contribution in [0, 0.1) is 5.82 Å². The molecule has 0 radical (unpaired) electrons. The first kappa shape index (κ1) is 23.1. The molecule has 0 spiro atoms. The second-order valence-corrected chi connectivity index (χ2v) is 7.86. The summed E-state index contributed by atoms with van der Waals surface area (Å²) in [5.74, 6) is -0.115. The molecule has 0 unspecified atom stereocenters. The van der Waals surface area contributed by atoms with E-state index in [1.54, 1.807) is 60.7 Å². The molecule has 0 aliphatic heterocycles. The zero-order valence-electron chi connectivity index (χ0n) is 17.9. The number of carbonyl (C=O) groups excluding carboxylic acids is 2. The third-order valence-corrected chi connectivity index (χ3v) is 5.17. The Kier molecular flexibility index (Phi) is 7.29. The molecule has 172 valence electrons. The van der Waals surface area contributed by atoms with Gasteiger partial charge in [-0.15, -0.1) is 0 Å². The van der Waals surface area contributed by atoms with Gasteiger partial charge in [-0.25, -0.2) is 4.39 Å². The number of benzene rings is 3. The molecule has 0 saturated heterocycles. The highest BCUT2D eigenvalue weighted by atomic mass is 35.5. The fourth-order valence-electron chi connectivity index (χ4n) is 3.18. The highest BCUT2D eigenvalue weighted by Gasteiger charge is 2.13. The van der Waals surface area contributed by atoms with Gasteiger partial charge in [-0.1, -0.05) is 28.9 Å². The van der Waals surface area contributed by atoms with Gasteiger partial charge in [0.2, 0.25) is 17.6 Å². The molecule has 0 atom stereocenters. The van der Waals surface area contributed by atoms with Crippen molar-refractivity contribution in [1.82, 2.24) is 10.1 Å². The minimum absolute atomic E-state index is 0.216. The molecule has 7 nitrogen and oxygen atoms in total. The number of aromatic nitrogens is 2. The summed E-state index contributed by atoms with van der Waals surface area (Å²) >= 11 is 5.87. The molecular weight excluding hydrogens is 459 g/mol. The maximum Gasteiger partial charge on any atom is 0.255 e. The number of carbonyl (C=O) groups is 2. The Labute approximate surface area is 200 Å². The third-order valence-electron chi connectivity index (χ3n) is 4.92. The smallest absolute Gasteiger partial charge is 0.255 e. The summed E-state index contributed by atoms with van der Waals surface area (Å²) < 4.78 is 18.3. The van der Waals surface area contributed by atoms with E-state index >= 15 is 0 Å². The Morgan fingerprint density at radius 1 is 0.912 bits per heavy atom. The van der Waals surface area contributed by atoms with Gasteiger partial charge in [0.05, 0.1) is 11.4 Å². The fourth-order valence-corrected chi connectivity index (χ4v) is 3.31. The molecule has 0 aliphatic rings. The zero-order valence-corrected chi connectivity index (χ0v) is 18.7. The van der Waals surface area contributed by atoms with Gasteiger partial charge in [-0.2, -0.15) is 4.98 Å². The van der Waals surface area contributed by atoms with Crippen LogP contribution in [-0.4, -0.2) is 22.0 Å². The number of rotatable bonds is 8. The number of nitrogens with zero attached hydrogens (tertiary/aromatic N) is 2. The van der Waals surface area contributed by atoms with Crippen LogP contribution in [0.4, 0.5) is 15.8 Å². The lowest BCUT2D eigenvalue weighted by atomic mass is 10.2. The molecule has 2 amide bonds. The molecule has 1 heterocycles. The van der Waals surface area contributed by atoms with Crippen molar-refractivity contribution in [3.63, 3.8) is 0 Å². The fraction of sp³-hybridized carbons (Fsp3) is 0.120. The Morgan fingerprint density at radius 2 is 1.59 bits per heavy atom. The van der Waals surface area contributed by atoms with Crippen LogP contribution in [-0.2, 0) is 11.2 Å². The van der Waals surface area contributed by atoms with Crippen molar-refractivity contribution in [2.24, 2.45) is 0 Å². The van der Waals surface area contributed by atoms with Crippen LogP contribution in [0.15, 0.2) is 77.3 Å². The molecule has 1 aromatic heterocycles. The quantitative estimate of drug-likeness (QED) is 0.336. The van der Waals surface area contributed by atoms with Crippen LogP contribution < -0.4 is 10.6 Å². The summed E-state index contributed by atoms with van der Waals surface area (Å²) in [5, 5.41) is 10.1. The number of hydrogen-bond donors (Lipinski definition) is 2. The van der Waals surface area contributed by atoms with E-state index in [2.05, 4.69) is 20.8 Å². The third kappa shape index (κ3) is 6.05. The van der Waals surface area contributed by atoms with Gasteiger partial charge >= 0.3 is 0 Å². The van der Waals surface area contributed by atoms with Crippen LogP contribution in [0.1, 0.15) is 29.1 Å². The molecular formula is C25H20ClFN4O3. The van der Waals surface area contributed by atoms with Crippen molar-refractivity contribution in [1.29, 1.82) is 0 Å². The number of para-hydroxylation sites is 2. The van der Waals surface area contributed by atoms with Crippen molar-refractivity contribution in [2.45, 2.75) is 19.3 Å². The summed E-state index contributed by atoms with van der Waals surface area (Å²) in [6.45, 7) is 0. The number of nitrogens with one attached hydrogen (secondary N) is 2. The van der Waals surface area contributed by atoms with Gasteiger partial charge in [0.1, 0.15) is 5.82 Å². The Hall–Kier alpha value is -4.04. The summed E-state index contributed by atoms with van der Waals surface area (Å²) in [7, 11) is 0. The lowest BCUT2D eigenvalue weighted by Crippen LogP contribution is -2.16. The van der Waals surface area contributed by atoms with Crippen LogP contribution in [0.3, 0.4) is 0 Å². The second-order valence-electron chi connectivity index (χ2n) is 7.43. The average Bonchev–Trinajstić information content (AvgIpc) is 3.30. The van der Waals surface area contributed by atoms with Crippen molar-refractivity contribution in [2.75, 3.05) is 10.6 Å². The van der Waals surface area contributed by atoms with Gasteiger partial charge in [-0.05, 0) is 67.1 Å². The van der Waals surface area contributed by atoms with Crippen molar-refractivity contribution < 1.29 is 18.5 Å². The van der Waals surface area contributed by atoms with Crippen molar-refractivity contribution in [3.05, 3.63) is 95.1 Å². The maximum absolute atomic E-state index is 13.1. The van der Waals surface area contributed by atoms with Crippen LogP contribution in [0.5, 0.6) is 0 Å². The second kappa shape index (κ2) is 10.7. The maximum atomic E-state index is 13.1. The molecule has 0 fully saturated rings. The van der Waals surface area contributed by atoms with Crippen LogP contribution in [0.25, 0.3) is 11.4 Å². The first-order chi connectivity index (χ1) is 16.5. The van der Waals surface area contributed by atoms with E-state index < -0.39 is 0 Å². The molecule has 0 saturated carbocycles.